The molecule has 3 aromatic rings. The van der Waals surface area contributed by atoms with Gasteiger partial charge >= 0.3 is 0 Å². The summed E-state index contributed by atoms with van der Waals surface area (Å²) >= 11 is 1.30. The van der Waals surface area contributed by atoms with E-state index in [0.29, 0.717) is 11.1 Å². The van der Waals surface area contributed by atoms with Gasteiger partial charge in [-0.25, -0.2) is 4.39 Å². The first-order valence-corrected chi connectivity index (χ1v) is 14.3. The maximum absolute atomic E-state index is 15.6. The molecule has 226 valence electrons. The highest BCUT2D eigenvalue weighted by Crippen LogP contribution is 2.50. The van der Waals surface area contributed by atoms with Crippen molar-refractivity contribution in [3.8, 4) is 11.1 Å². The first-order valence-electron chi connectivity index (χ1n) is 13.5. The predicted molar refractivity (Wildman–Crippen MR) is 155 cm³/mol. The van der Waals surface area contributed by atoms with Crippen LogP contribution in [0.15, 0.2) is 53.9 Å². The van der Waals surface area contributed by atoms with Gasteiger partial charge in [-0.2, -0.15) is 8.78 Å². The monoisotopic (exact) mass is 613 g/mol. The van der Waals surface area contributed by atoms with Crippen LogP contribution in [0.3, 0.4) is 0 Å². The van der Waals surface area contributed by atoms with Crippen molar-refractivity contribution in [1.29, 1.82) is 5.41 Å². The van der Waals surface area contributed by atoms with Crippen LogP contribution in [-0.4, -0.2) is 67.0 Å². The van der Waals surface area contributed by atoms with Crippen molar-refractivity contribution >= 4 is 34.9 Å². The van der Waals surface area contributed by atoms with Crippen molar-refractivity contribution in [3.05, 3.63) is 81.0 Å². The van der Waals surface area contributed by atoms with Crippen LogP contribution in [-0.2, 0) is 20.2 Å². The predicted octanol–water partition coefficient (Wildman–Crippen LogP) is 3.72. The zero-order chi connectivity index (χ0) is 31.1. The number of nitrogens with zero attached hydrogens (tertiary/aromatic N) is 1. The molecule has 1 unspecified atom stereocenters. The summed E-state index contributed by atoms with van der Waals surface area (Å²) in [6.07, 6.45) is -0.305. The molecule has 5 N–H and O–H groups in total. The number of thiophene rings is 1. The fraction of sp³-hybridized carbons (Fsp3) is 0.333. The minimum absolute atomic E-state index is 0.0729. The molecule has 1 aliphatic carbocycles. The Morgan fingerprint density at radius 2 is 1.84 bits per heavy atom. The number of nitrogens with two attached hydrogens (primary N) is 1. The van der Waals surface area contributed by atoms with E-state index in [-0.39, 0.29) is 41.1 Å². The Kier molecular flexibility index (Phi) is 8.05. The second kappa shape index (κ2) is 11.5. The zero-order valence-electron chi connectivity index (χ0n) is 23.4. The largest absolute Gasteiger partial charge is 0.384 e. The number of nitrogens with one attached hydrogen (secondary N) is 3. The molecule has 13 heteroatoms. The van der Waals surface area contributed by atoms with Crippen LogP contribution in [0.2, 0.25) is 0 Å². The van der Waals surface area contributed by atoms with Crippen molar-refractivity contribution in [1.82, 2.24) is 15.5 Å². The number of fused-ring (bicyclic) bond motifs is 3. The molecular formula is C30H30F3N5O4S. The fourth-order valence-electron chi connectivity index (χ4n) is 5.58. The summed E-state index contributed by atoms with van der Waals surface area (Å²) in [5.74, 6) is -5.26. The van der Waals surface area contributed by atoms with Gasteiger partial charge in [-0.3, -0.25) is 19.8 Å². The third-order valence-corrected chi connectivity index (χ3v) is 8.82. The molecule has 1 saturated heterocycles. The van der Waals surface area contributed by atoms with Crippen molar-refractivity contribution in [2.45, 2.75) is 37.0 Å². The van der Waals surface area contributed by atoms with Crippen molar-refractivity contribution in [2.24, 2.45) is 5.73 Å². The van der Waals surface area contributed by atoms with Crippen LogP contribution >= 0.6 is 11.3 Å². The fourth-order valence-corrected chi connectivity index (χ4v) is 6.49. The molecule has 0 spiro atoms. The summed E-state index contributed by atoms with van der Waals surface area (Å²) in [4.78, 5) is 41.3. The Labute approximate surface area is 249 Å². The normalized spacial score (nSPS) is 20.7. The average Bonchev–Trinajstić information content (AvgIpc) is 3.66. The van der Waals surface area contributed by atoms with E-state index in [2.05, 4.69) is 10.6 Å². The maximum atomic E-state index is 15.6. The number of likely N-dealkylation sites (tertiary alicyclic amines) is 1. The Morgan fingerprint density at radius 3 is 2.53 bits per heavy atom. The van der Waals surface area contributed by atoms with E-state index in [0.717, 1.165) is 9.78 Å². The van der Waals surface area contributed by atoms with E-state index >= 15 is 4.39 Å². The quantitative estimate of drug-likeness (QED) is 0.215. The molecule has 1 aromatic heterocycles. The highest BCUT2D eigenvalue weighted by Gasteiger charge is 2.50. The molecule has 5 rings (SSSR count). The number of rotatable bonds is 9. The molecule has 43 heavy (non-hydrogen) atoms. The number of carbonyl (C=O) groups is 3. The molecule has 0 saturated carbocycles. The lowest BCUT2D eigenvalue weighted by atomic mass is 10.0. The molecule has 2 heterocycles. The lowest BCUT2D eigenvalue weighted by Crippen LogP contribution is -2.49. The standard InChI is InChI=1S/C30H30F3N5O4S/c1-16(24-10-18(13-43-24)26(34)35)37-28(41)23-11-29(31,15-42-2)14-38(23)25(39)12-36-27(40)17-7-8-22-20(9-17)19-5-3-4-6-21(19)30(22,32)33/h3-10,13,16,23H,11-12,14-15H2,1-2H3,(H3,34,35)(H,36,40)(H,37,41)/t16?,23-,29+/m0/s1. The minimum Gasteiger partial charge on any atom is -0.384 e. The summed E-state index contributed by atoms with van der Waals surface area (Å²) < 4.78 is 50.3. The number of hydrogen-bond acceptors (Lipinski definition) is 6. The van der Waals surface area contributed by atoms with Gasteiger partial charge in [0.1, 0.15) is 11.9 Å². The van der Waals surface area contributed by atoms with Crippen molar-refractivity contribution < 1.29 is 32.3 Å². The molecule has 3 amide bonds. The third-order valence-electron chi connectivity index (χ3n) is 7.71. The highest BCUT2D eigenvalue weighted by atomic mass is 32.1. The van der Waals surface area contributed by atoms with Gasteiger partial charge in [0.25, 0.3) is 11.8 Å². The van der Waals surface area contributed by atoms with Crippen LogP contribution in [0.1, 0.15) is 51.3 Å². The molecule has 3 atom stereocenters. The molecule has 2 aliphatic rings. The molecular weight excluding hydrogens is 583 g/mol. The van der Waals surface area contributed by atoms with E-state index in [4.69, 9.17) is 15.9 Å². The molecule has 1 fully saturated rings. The van der Waals surface area contributed by atoms with E-state index in [1.165, 1.54) is 48.8 Å². The lowest BCUT2D eigenvalue weighted by molar-refractivity contribution is -0.138. The number of carbonyl (C=O) groups excluding carboxylic acids is 3. The average molecular weight is 614 g/mol. The number of ether oxygens (including phenoxy) is 1. The first kappa shape index (κ1) is 30.2. The molecule has 2 aromatic carbocycles. The topological polar surface area (TPSA) is 138 Å². The van der Waals surface area contributed by atoms with Gasteiger partial charge in [-0.15, -0.1) is 11.3 Å². The van der Waals surface area contributed by atoms with Gasteiger partial charge in [0.15, 0.2) is 5.67 Å². The van der Waals surface area contributed by atoms with Gasteiger partial charge in [0.05, 0.1) is 25.7 Å². The SMILES string of the molecule is COC[C@@]1(F)C[C@@H](C(=O)NC(C)c2cc(C(=N)N)cs2)N(C(=O)CNC(=O)c2ccc3c(c2)-c2ccccc2C3(F)F)C1. The first-order chi connectivity index (χ1) is 20.3. The third kappa shape index (κ3) is 5.74. The number of amides is 3. The Bertz CT molecular complexity index is 1610. The maximum Gasteiger partial charge on any atom is 0.299 e. The van der Waals surface area contributed by atoms with E-state index in [1.807, 2.05) is 0 Å². The zero-order valence-corrected chi connectivity index (χ0v) is 24.2. The Hall–Kier alpha value is -4.23. The van der Waals surface area contributed by atoms with Gasteiger partial charge < -0.3 is 26.0 Å². The second-order valence-electron chi connectivity index (χ2n) is 10.8. The molecule has 0 radical (unpaired) electrons. The van der Waals surface area contributed by atoms with Crippen LogP contribution < -0.4 is 16.4 Å². The Morgan fingerprint density at radius 1 is 1.12 bits per heavy atom. The number of hydrogen-bond donors (Lipinski definition) is 4. The lowest BCUT2D eigenvalue weighted by Gasteiger charge is -2.25. The van der Waals surface area contributed by atoms with Crippen LogP contribution in [0.25, 0.3) is 11.1 Å². The van der Waals surface area contributed by atoms with Crippen LogP contribution in [0, 0.1) is 5.41 Å². The minimum atomic E-state index is -3.19. The van der Waals surface area contributed by atoms with Crippen LogP contribution in [0.4, 0.5) is 13.2 Å². The second-order valence-corrected chi connectivity index (χ2v) is 11.7. The number of alkyl halides is 3. The molecule has 9 nitrogen and oxygen atoms in total. The molecule has 1 aliphatic heterocycles. The van der Waals surface area contributed by atoms with Gasteiger partial charge in [-0.1, -0.05) is 30.3 Å². The Balaban J connectivity index is 1.28. The van der Waals surface area contributed by atoms with Gasteiger partial charge in [0, 0.05) is 46.0 Å². The van der Waals surface area contributed by atoms with Crippen molar-refractivity contribution in [3.63, 3.8) is 0 Å². The number of halogens is 3. The number of methoxy groups -OCH3 is 1. The summed E-state index contributed by atoms with van der Waals surface area (Å²) in [5, 5.41) is 14.5. The summed E-state index contributed by atoms with van der Waals surface area (Å²) in [6.45, 7) is 0.423. The number of amidine groups is 1. The summed E-state index contributed by atoms with van der Waals surface area (Å²) in [6, 6.07) is 9.88. The summed E-state index contributed by atoms with van der Waals surface area (Å²) in [5.41, 5.74) is 4.33. The van der Waals surface area contributed by atoms with E-state index in [9.17, 15) is 23.2 Å². The number of benzene rings is 2. The van der Waals surface area contributed by atoms with Gasteiger partial charge in [0.2, 0.25) is 11.8 Å². The van der Waals surface area contributed by atoms with Crippen LogP contribution in [0.5, 0.6) is 0 Å². The molecule has 0 bridgehead atoms. The van der Waals surface area contributed by atoms with E-state index in [1.54, 1.807) is 30.5 Å². The smallest absolute Gasteiger partial charge is 0.299 e. The number of nitrogen functional groups attached to an aromatic ring is 1. The highest BCUT2D eigenvalue weighted by molar-refractivity contribution is 7.10. The van der Waals surface area contributed by atoms with E-state index < -0.39 is 54.5 Å². The van der Waals surface area contributed by atoms with Crippen molar-refractivity contribution in [2.75, 3.05) is 26.8 Å². The summed E-state index contributed by atoms with van der Waals surface area (Å²) in [7, 11) is 1.32. The van der Waals surface area contributed by atoms with Gasteiger partial charge in [-0.05, 0) is 36.2 Å².